The summed E-state index contributed by atoms with van der Waals surface area (Å²) in [6.45, 7) is -0.0543. The van der Waals surface area contributed by atoms with E-state index >= 15 is 0 Å². The van der Waals surface area contributed by atoms with Crippen LogP contribution >= 0.6 is 0 Å². The number of benzene rings is 2. The molecule has 2 aromatic carbocycles. The largest absolute Gasteiger partial charge is 0.497 e. The van der Waals surface area contributed by atoms with E-state index in [1.54, 1.807) is 12.1 Å². The molecule has 1 unspecified atom stereocenters. The molecule has 1 saturated carbocycles. The molecular weight excluding hydrogens is 326 g/mol. The summed E-state index contributed by atoms with van der Waals surface area (Å²) in [5, 5.41) is 11.1. The Morgan fingerprint density at radius 2 is 1.88 bits per heavy atom. The minimum absolute atomic E-state index is 0.0543. The molecule has 128 valence electrons. The first-order valence-corrected chi connectivity index (χ1v) is 9.36. The molecule has 1 aliphatic carbocycles. The minimum atomic E-state index is -3.73. The van der Waals surface area contributed by atoms with Crippen LogP contribution in [0.1, 0.15) is 18.4 Å². The maximum atomic E-state index is 12.5. The molecule has 1 atom stereocenters. The third-order valence-corrected chi connectivity index (χ3v) is 5.81. The first-order valence-electron chi connectivity index (χ1n) is 7.87. The minimum Gasteiger partial charge on any atom is -0.497 e. The molecule has 0 heterocycles. The van der Waals surface area contributed by atoms with Gasteiger partial charge in [-0.05, 0) is 36.5 Å². The molecule has 6 heteroatoms. The van der Waals surface area contributed by atoms with Gasteiger partial charge in [0, 0.05) is 12.6 Å². The lowest BCUT2D eigenvalue weighted by molar-refractivity contribution is 0.0185. The lowest BCUT2D eigenvalue weighted by Gasteiger charge is -2.29. The van der Waals surface area contributed by atoms with Gasteiger partial charge in [0.05, 0.1) is 12.0 Å². The number of methoxy groups -OCH3 is 1. The highest BCUT2D eigenvalue weighted by Crippen LogP contribution is 2.45. The van der Waals surface area contributed by atoms with Gasteiger partial charge in [-0.2, -0.15) is 0 Å². The van der Waals surface area contributed by atoms with Crippen LogP contribution in [-0.2, 0) is 15.6 Å². The van der Waals surface area contributed by atoms with Crippen molar-refractivity contribution < 1.29 is 18.3 Å². The molecule has 2 aromatic rings. The summed E-state index contributed by atoms with van der Waals surface area (Å²) in [7, 11) is -2.24. The highest BCUT2D eigenvalue weighted by Gasteiger charge is 2.45. The maximum absolute atomic E-state index is 12.5. The summed E-state index contributed by atoms with van der Waals surface area (Å²) in [4.78, 5) is 0.119. The quantitative estimate of drug-likeness (QED) is 0.806. The smallest absolute Gasteiger partial charge is 0.240 e. The van der Waals surface area contributed by atoms with Gasteiger partial charge in [-0.1, -0.05) is 36.4 Å². The van der Waals surface area contributed by atoms with Crippen LogP contribution in [-0.4, -0.2) is 27.2 Å². The van der Waals surface area contributed by atoms with Crippen molar-refractivity contribution in [3.63, 3.8) is 0 Å². The molecule has 24 heavy (non-hydrogen) atoms. The van der Waals surface area contributed by atoms with E-state index in [2.05, 4.69) is 4.72 Å². The summed E-state index contributed by atoms with van der Waals surface area (Å²) < 4.78 is 32.7. The average molecular weight is 347 g/mol. The first kappa shape index (κ1) is 17.0. The fraction of sp³-hybridized carbons (Fsp3) is 0.333. The molecule has 0 radical (unpaired) electrons. The zero-order valence-corrected chi connectivity index (χ0v) is 14.3. The van der Waals surface area contributed by atoms with Gasteiger partial charge >= 0.3 is 0 Å². The van der Waals surface area contributed by atoms with Gasteiger partial charge in [0.25, 0.3) is 0 Å². The number of hydrogen-bond donors (Lipinski definition) is 2. The number of rotatable bonds is 7. The maximum Gasteiger partial charge on any atom is 0.240 e. The van der Waals surface area contributed by atoms with Crippen LogP contribution in [0.3, 0.4) is 0 Å². The molecule has 5 nitrogen and oxygen atoms in total. The Morgan fingerprint density at radius 3 is 2.50 bits per heavy atom. The molecule has 0 spiro atoms. The van der Waals surface area contributed by atoms with Crippen molar-refractivity contribution >= 4 is 10.0 Å². The highest BCUT2D eigenvalue weighted by atomic mass is 32.2. The van der Waals surface area contributed by atoms with Crippen molar-refractivity contribution in [3.8, 4) is 5.75 Å². The van der Waals surface area contributed by atoms with E-state index in [1.165, 1.54) is 19.2 Å². The van der Waals surface area contributed by atoms with Gasteiger partial charge in [-0.25, -0.2) is 13.1 Å². The van der Waals surface area contributed by atoms with Gasteiger partial charge in [-0.3, -0.25) is 0 Å². The first-order chi connectivity index (χ1) is 11.5. The number of hydrogen-bond acceptors (Lipinski definition) is 4. The number of sulfonamides is 1. The van der Waals surface area contributed by atoms with Crippen LogP contribution in [0.2, 0.25) is 0 Å². The van der Waals surface area contributed by atoms with E-state index < -0.39 is 15.6 Å². The van der Waals surface area contributed by atoms with Crippen LogP contribution in [0.15, 0.2) is 59.5 Å². The third kappa shape index (κ3) is 3.45. The molecule has 0 saturated heterocycles. The zero-order chi connectivity index (χ0) is 17.2. The lowest BCUT2D eigenvalue weighted by atomic mass is 9.89. The molecule has 2 N–H and O–H groups in total. The number of aliphatic hydroxyl groups is 1. The van der Waals surface area contributed by atoms with Crippen LogP contribution in [0.5, 0.6) is 5.75 Å². The second-order valence-electron chi connectivity index (χ2n) is 6.07. The summed E-state index contributed by atoms with van der Waals surface area (Å²) >= 11 is 0. The van der Waals surface area contributed by atoms with Gasteiger partial charge in [-0.15, -0.1) is 0 Å². The topological polar surface area (TPSA) is 75.6 Å². The van der Waals surface area contributed by atoms with Crippen molar-refractivity contribution in [2.75, 3.05) is 13.7 Å². The number of nitrogens with one attached hydrogen (secondary N) is 1. The number of ether oxygens (including phenoxy) is 1. The van der Waals surface area contributed by atoms with Gasteiger partial charge < -0.3 is 9.84 Å². The van der Waals surface area contributed by atoms with Gasteiger partial charge in [0.1, 0.15) is 11.4 Å². The average Bonchev–Trinajstić information content (AvgIpc) is 3.46. The molecule has 0 amide bonds. The van der Waals surface area contributed by atoms with Gasteiger partial charge in [0.15, 0.2) is 0 Å². The Balaban J connectivity index is 1.82. The van der Waals surface area contributed by atoms with Crippen molar-refractivity contribution in [1.29, 1.82) is 0 Å². The fourth-order valence-corrected chi connectivity index (χ4v) is 3.93. The molecule has 0 bridgehead atoms. The van der Waals surface area contributed by atoms with E-state index in [4.69, 9.17) is 4.74 Å². The zero-order valence-electron chi connectivity index (χ0n) is 13.5. The predicted octanol–water partition coefficient (Wildman–Crippen LogP) is 2.27. The Labute approximate surface area is 142 Å². The van der Waals surface area contributed by atoms with Crippen LogP contribution < -0.4 is 9.46 Å². The summed E-state index contributed by atoms with van der Waals surface area (Å²) in [6.07, 6.45) is 1.79. The van der Waals surface area contributed by atoms with E-state index in [-0.39, 0.29) is 17.4 Å². The fourth-order valence-electron chi connectivity index (χ4n) is 2.83. The second-order valence-corrected chi connectivity index (χ2v) is 7.84. The van der Waals surface area contributed by atoms with Gasteiger partial charge in [0.2, 0.25) is 10.0 Å². The van der Waals surface area contributed by atoms with E-state index in [0.717, 1.165) is 18.4 Å². The summed E-state index contributed by atoms with van der Waals surface area (Å²) in [6, 6.07) is 15.5. The monoisotopic (exact) mass is 347 g/mol. The molecular formula is C18H21NO4S. The molecule has 0 aromatic heterocycles. The third-order valence-electron chi connectivity index (χ3n) is 4.41. The highest BCUT2D eigenvalue weighted by molar-refractivity contribution is 7.89. The normalized spacial score (nSPS) is 17.2. The Kier molecular flexibility index (Phi) is 4.62. The predicted molar refractivity (Wildman–Crippen MR) is 91.2 cm³/mol. The summed E-state index contributed by atoms with van der Waals surface area (Å²) in [5.41, 5.74) is -0.450. The molecule has 1 aliphatic rings. The van der Waals surface area contributed by atoms with Crippen molar-refractivity contribution in [2.45, 2.75) is 23.3 Å². The Bertz CT molecular complexity index is 803. The van der Waals surface area contributed by atoms with E-state index in [0.29, 0.717) is 5.75 Å². The van der Waals surface area contributed by atoms with E-state index in [1.807, 2.05) is 30.3 Å². The van der Waals surface area contributed by atoms with Crippen molar-refractivity contribution in [3.05, 3.63) is 60.2 Å². The lowest BCUT2D eigenvalue weighted by Crippen LogP contribution is -2.42. The Hall–Kier alpha value is -1.89. The van der Waals surface area contributed by atoms with Crippen molar-refractivity contribution in [1.82, 2.24) is 4.72 Å². The second kappa shape index (κ2) is 6.55. The molecule has 3 rings (SSSR count). The van der Waals surface area contributed by atoms with Crippen molar-refractivity contribution in [2.24, 2.45) is 5.92 Å². The van der Waals surface area contributed by atoms with Crippen LogP contribution in [0.25, 0.3) is 0 Å². The van der Waals surface area contributed by atoms with Crippen LogP contribution in [0.4, 0.5) is 0 Å². The standard InChI is InChI=1S/C18H21NO4S/c1-23-16-8-5-9-17(12-16)24(21,22)19-13-18(20,15-10-11-15)14-6-3-2-4-7-14/h2-9,12,15,19-20H,10-11,13H2,1H3. The summed E-state index contributed by atoms with van der Waals surface area (Å²) in [5.74, 6) is 0.547. The SMILES string of the molecule is COc1cccc(S(=O)(=O)NCC(O)(c2ccccc2)C2CC2)c1. The molecule has 0 aliphatic heterocycles. The van der Waals surface area contributed by atoms with E-state index in [9.17, 15) is 13.5 Å². The Morgan fingerprint density at radius 1 is 1.17 bits per heavy atom. The molecule has 1 fully saturated rings. The van der Waals surface area contributed by atoms with Crippen LogP contribution in [0, 0.1) is 5.92 Å².